The smallest absolute Gasteiger partial charge is 0.296 e. The number of halogens is 1. The summed E-state index contributed by atoms with van der Waals surface area (Å²) in [6.45, 7) is 2.69. The Kier molecular flexibility index (Phi) is 5.48. The topological polar surface area (TPSA) is 68.7 Å². The second kappa shape index (κ2) is 8.28. The van der Waals surface area contributed by atoms with Crippen LogP contribution in [-0.4, -0.2) is 34.8 Å². The van der Waals surface area contributed by atoms with Crippen LogP contribution in [-0.2, 0) is 14.3 Å². The first-order valence-electron chi connectivity index (χ1n) is 10.6. The Labute approximate surface area is 189 Å². The molecule has 2 aliphatic heterocycles. The molecule has 1 amide bonds. The molecule has 3 heterocycles. The van der Waals surface area contributed by atoms with E-state index in [1.165, 1.54) is 11.3 Å². The highest BCUT2D eigenvalue weighted by atomic mass is 35.5. The van der Waals surface area contributed by atoms with Gasteiger partial charge in [0.2, 0.25) is 0 Å². The van der Waals surface area contributed by atoms with Crippen molar-refractivity contribution in [3.8, 4) is 5.75 Å². The van der Waals surface area contributed by atoms with E-state index in [0.29, 0.717) is 30.2 Å². The van der Waals surface area contributed by atoms with Gasteiger partial charge in [-0.3, -0.25) is 14.5 Å². The summed E-state index contributed by atoms with van der Waals surface area (Å²) in [6.07, 6.45) is 4.33. The van der Waals surface area contributed by atoms with Gasteiger partial charge in [0.25, 0.3) is 5.91 Å². The van der Waals surface area contributed by atoms with E-state index in [1.54, 1.807) is 11.1 Å². The van der Waals surface area contributed by atoms with E-state index in [0.717, 1.165) is 24.2 Å². The minimum Gasteiger partial charge on any atom is -0.494 e. The van der Waals surface area contributed by atoms with Crippen LogP contribution in [0.4, 0.5) is 5.13 Å². The number of hydrogen-bond acceptors (Lipinski definition) is 6. The van der Waals surface area contributed by atoms with E-state index in [-0.39, 0.29) is 34.8 Å². The number of anilines is 1. The number of hydrogen-bond donors (Lipinski definition) is 0. The number of ether oxygens (including phenoxy) is 2. The number of carbonyl (C=O) groups excluding carboxylic acids is 2. The minimum atomic E-state index is -0.571. The van der Waals surface area contributed by atoms with Crippen molar-refractivity contribution in [3.05, 3.63) is 52.7 Å². The Morgan fingerprint density at radius 3 is 2.77 bits per heavy atom. The van der Waals surface area contributed by atoms with Gasteiger partial charge < -0.3 is 9.47 Å². The Bertz CT molecular complexity index is 1020. The lowest BCUT2D eigenvalue weighted by atomic mass is 9.77. The Morgan fingerprint density at radius 1 is 1.26 bits per heavy atom. The van der Waals surface area contributed by atoms with E-state index in [9.17, 15) is 9.59 Å². The normalized spacial score (nSPS) is 27.7. The lowest BCUT2D eigenvalue weighted by molar-refractivity contribution is -0.131. The van der Waals surface area contributed by atoms with Crippen molar-refractivity contribution in [1.82, 2.24) is 4.98 Å². The van der Waals surface area contributed by atoms with Crippen molar-refractivity contribution in [3.63, 3.8) is 0 Å². The maximum absolute atomic E-state index is 13.6. The van der Waals surface area contributed by atoms with Crippen LogP contribution < -0.4 is 9.64 Å². The van der Waals surface area contributed by atoms with Gasteiger partial charge in [-0.15, -0.1) is 22.9 Å². The number of fused-ring (bicyclic) bond motifs is 1. The van der Waals surface area contributed by atoms with E-state index in [1.807, 2.05) is 29.6 Å². The first-order chi connectivity index (χ1) is 15.1. The molecule has 0 radical (unpaired) electrons. The summed E-state index contributed by atoms with van der Waals surface area (Å²) >= 11 is 7.74. The number of ketones is 1. The first kappa shape index (κ1) is 20.5. The van der Waals surface area contributed by atoms with Crippen LogP contribution in [0.1, 0.15) is 44.2 Å². The molecule has 1 aromatic carbocycles. The van der Waals surface area contributed by atoms with Crippen molar-refractivity contribution in [2.75, 3.05) is 11.5 Å². The maximum atomic E-state index is 13.6. The van der Waals surface area contributed by atoms with Crippen molar-refractivity contribution in [1.29, 1.82) is 0 Å². The van der Waals surface area contributed by atoms with Crippen LogP contribution in [0.15, 0.2) is 47.2 Å². The second-order valence-electron chi connectivity index (χ2n) is 8.09. The largest absolute Gasteiger partial charge is 0.494 e. The van der Waals surface area contributed by atoms with Crippen molar-refractivity contribution >= 4 is 39.8 Å². The summed E-state index contributed by atoms with van der Waals surface area (Å²) in [6, 6.07) is 6.99. The number of Topliss-reactive ketones (excluding diaryl/α,β-unsaturated/α-hetero) is 1. The molecular weight excluding hydrogens is 436 g/mol. The van der Waals surface area contributed by atoms with Crippen molar-refractivity contribution < 1.29 is 19.1 Å². The van der Waals surface area contributed by atoms with Gasteiger partial charge in [0.1, 0.15) is 11.9 Å². The third-order valence-corrected chi connectivity index (χ3v) is 7.24. The number of amides is 1. The summed E-state index contributed by atoms with van der Waals surface area (Å²) in [4.78, 5) is 33.0. The van der Waals surface area contributed by atoms with Gasteiger partial charge in [-0.25, -0.2) is 4.98 Å². The fourth-order valence-corrected chi connectivity index (χ4v) is 5.61. The molecule has 162 valence electrons. The van der Waals surface area contributed by atoms with E-state index < -0.39 is 6.04 Å². The SMILES string of the molecule is CCCOc1ccc(C2C3=C(OC4CCC(Cl)CC4C3=O)C(=O)N2c2nccs2)cc1. The Balaban J connectivity index is 1.56. The molecule has 31 heavy (non-hydrogen) atoms. The van der Waals surface area contributed by atoms with E-state index in [4.69, 9.17) is 21.1 Å². The van der Waals surface area contributed by atoms with Crippen molar-refractivity contribution in [2.24, 2.45) is 5.92 Å². The van der Waals surface area contributed by atoms with Crippen LogP contribution in [0.5, 0.6) is 5.75 Å². The van der Waals surface area contributed by atoms with Crippen LogP contribution in [0, 0.1) is 5.92 Å². The van der Waals surface area contributed by atoms with Gasteiger partial charge in [-0.1, -0.05) is 19.1 Å². The second-order valence-corrected chi connectivity index (χ2v) is 9.58. The third kappa shape index (κ3) is 3.53. The summed E-state index contributed by atoms with van der Waals surface area (Å²) in [5.74, 6) is 0.286. The lowest BCUT2D eigenvalue weighted by Crippen LogP contribution is -2.41. The van der Waals surface area contributed by atoms with Crippen molar-refractivity contribution in [2.45, 2.75) is 50.1 Å². The first-order valence-corrected chi connectivity index (χ1v) is 11.9. The molecule has 1 saturated carbocycles. The Hall–Kier alpha value is -2.38. The number of nitrogens with zero attached hydrogens (tertiary/aromatic N) is 2. The monoisotopic (exact) mass is 458 g/mol. The minimum absolute atomic E-state index is 0.0275. The Morgan fingerprint density at radius 2 is 2.06 bits per heavy atom. The fraction of sp³-hybridized carbons (Fsp3) is 0.435. The number of aromatic nitrogens is 1. The molecule has 1 fully saturated rings. The van der Waals surface area contributed by atoms with Crippen LogP contribution in [0.2, 0.25) is 0 Å². The van der Waals surface area contributed by atoms with Gasteiger partial charge in [-0.2, -0.15) is 0 Å². The lowest BCUT2D eigenvalue weighted by Gasteiger charge is -2.37. The molecule has 1 aliphatic carbocycles. The van der Waals surface area contributed by atoms with Gasteiger partial charge in [0, 0.05) is 17.0 Å². The molecule has 0 spiro atoms. The zero-order valence-corrected chi connectivity index (χ0v) is 18.7. The molecule has 0 bridgehead atoms. The third-order valence-electron chi connectivity index (χ3n) is 6.08. The molecule has 8 heteroatoms. The molecule has 4 atom stereocenters. The van der Waals surface area contributed by atoms with Gasteiger partial charge in [-0.05, 0) is 43.4 Å². The number of benzene rings is 1. The summed E-state index contributed by atoms with van der Waals surface area (Å²) in [5.41, 5.74) is 1.25. The fourth-order valence-electron chi connectivity index (χ4n) is 4.63. The standard InChI is InChI=1S/C23H23ClN2O4S/c1-2-10-29-15-6-3-13(4-7-15)19-18-20(27)16-12-14(24)5-8-17(16)30-21(18)22(28)26(19)23-25-9-11-31-23/h3-4,6-7,9,11,14,16-17,19H,2,5,8,10,12H2,1H3. The molecule has 4 unspecified atom stereocenters. The summed E-state index contributed by atoms with van der Waals surface area (Å²) < 4.78 is 11.9. The summed E-state index contributed by atoms with van der Waals surface area (Å²) in [7, 11) is 0. The molecule has 0 saturated heterocycles. The summed E-state index contributed by atoms with van der Waals surface area (Å²) in [5, 5.41) is 2.32. The highest BCUT2D eigenvalue weighted by Gasteiger charge is 2.53. The predicted molar refractivity (Wildman–Crippen MR) is 118 cm³/mol. The zero-order chi connectivity index (χ0) is 21.5. The van der Waals surface area contributed by atoms with Crippen LogP contribution in [0.3, 0.4) is 0 Å². The molecule has 5 rings (SSSR count). The number of thiazole rings is 1. The average molecular weight is 459 g/mol. The van der Waals surface area contributed by atoms with Crippen LogP contribution >= 0.6 is 22.9 Å². The van der Waals surface area contributed by atoms with Gasteiger partial charge in [0.15, 0.2) is 16.7 Å². The van der Waals surface area contributed by atoms with Gasteiger partial charge >= 0.3 is 0 Å². The quantitative estimate of drug-likeness (QED) is 0.610. The van der Waals surface area contributed by atoms with Crippen LogP contribution in [0.25, 0.3) is 0 Å². The number of rotatable bonds is 5. The maximum Gasteiger partial charge on any atom is 0.296 e. The zero-order valence-electron chi connectivity index (χ0n) is 17.1. The number of carbonyl (C=O) groups is 2. The number of alkyl halides is 1. The molecular formula is C23H23ClN2O4S. The predicted octanol–water partition coefficient (Wildman–Crippen LogP) is 4.65. The molecule has 3 aliphatic rings. The molecule has 6 nitrogen and oxygen atoms in total. The molecule has 0 N–H and O–H groups in total. The highest BCUT2D eigenvalue weighted by molar-refractivity contribution is 7.13. The van der Waals surface area contributed by atoms with E-state index >= 15 is 0 Å². The highest BCUT2D eigenvalue weighted by Crippen LogP contribution is 2.49. The molecule has 2 aromatic rings. The van der Waals surface area contributed by atoms with Gasteiger partial charge in [0.05, 0.1) is 24.1 Å². The molecule has 1 aromatic heterocycles. The average Bonchev–Trinajstić information content (AvgIpc) is 3.40. The van der Waals surface area contributed by atoms with E-state index in [2.05, 4.69) is 11.9 Å².